The van der Waals surface area contributed by atoms with Crippen molar-refractivity contribution in [3.05, 3.63) is 53.1 Å². The Hall–Kier alpha value is -3.14. The minimum Gasteiger partial charge on any atom is -0.478 e. The van der Waals surface area contributed by atoms with Gasteiger partial charge in [0.2, 0.25) is 0 Å². The summed E-state index contributed by atoms with van der Waals surface area (Å²) in [5.74, 6) is -3.17. The van der Waals surface area contributed by atoms with E-state index in [1.165, 1.54) is 12.1 Å². The lowest BCUT2D eigenvalue weighted by molar-refractivity contribution is 0.0692. The molecule has 2 aromatic rings. The summed E-state index contributed by atoms with van der Waals surface area (Å²) in [6.07, 6.45) is 0. The third-order valence-electron chi connectivity index (χ3n) is 2.76. The second-order valence-corrected chi connectivity index (χ2v) is 4.12. The van der Waals surface area contributed by atoms with Gasteiger partial charge in [0, 0.05) is 6.07 Å². The number of carboxylic acids is 1. The third kappa shape index (κ3) is 2.74. The number of carboxylic acid groups (broad SMARTS) is 1. The highest BCUT2D eigenvalue weighted by Gasteiger charge is 2.15. The van der Waals surface area contributed by atoms with E-state index in [9.17, 15) is 13.6 Å². The topological polar surface area (TPSA) is 99.1 Å². The zero-order valence-electron chi connectivity index (χ0n) is 10.5. The Bertz CT molecular complexity index is 770. The minimum absolute atomic E-state index is 0.0399. The zero-order chi connectivity index (χ0) is 15.6. The lowest BCUT2D eigenvalue weighted by Crippen LogP contribution is -2.05. The molecule has 0 unspecified atom stereocenters. The Kier molecular flexibility index (Phi) is 3.71. The molecule has 5 nitrogen and oxygen atoms in total. The van der Waals surface area contributed by atoms with Crippen molar-refractivity contribution in [2.75, 3.05) is 11.1 Å². The van der Waals surface area contributed by atoms with E-state index in [0.717, 1.165) is 18.2 Å². The molecule has 4 N–H and O–H groups in total. The second kappa shape index (κ2) is 5.46. The van der Waals surface area contributed by atoms with Gasteiger partial charge in [0.15, 0.2) is 0 Å². The fourth-order valence-electron chi connectivity index (χ4n) is 1.75. The van der Waals surface area contributed by atoms with Gasteiger partial charge >= 0.3 is 5.97 Å². The fraction of sp³-hybridized carbons (Fsp3) is 0. The lowest BCUT2D eigenvalue weighted by atomic mass is 10.1. The molecule has 0 aliphatic rings. The van der Waals surface area contributed by atoms with E-state index < -0.39 is 23.2 Å². The van der Waals surface area contributed by atoms with Gasteiger partial charge in [-0.1, -0.05) is 6.07 Å². The number of benzene rings is 2. The number of hydrogen-bond donors (Lipinski definition) is 3. The van der Waals surface area contributed by atoms with Crippen LogP contribution in [0.5, 0.6) is 0 Å². The Labute approximate surface area is 118 Å². The molecule has 2 rings (SSSR count). The largest absolute Gasteiger partial charge is 0.478 e. The maximum Gasteiger partial charge on any atom is 0.338 e. The van der Waals surface area contributed by atoms with Gasteiger partial charge in [-0.25, -0.2) is 13.6 Å². The second-order valence-electron chi connectivity index (χ2n) is 4.12. The van der Waals surface area contributed by atoms with Gasteiger partial charge in [0.1, 0.15) is 23.3 Å². The summed E-state index contributed by atoms with van der Waals surface area (Å²) in [5, 5.41) is 20.3. The summed E-state index contributed by atoms with van der Waals surface area (Å²) in [6, 6.07) is 7.42. The number of nitrogen functional groups attached to an aromatic ring is 1. The Balaban J connectivity index is 2.47. The molecular weight excluding hydrogens is 280 g/mol. The quantitative estimate of drug-likeness (QED) is 0.754. The first-order valence-corrected chi connectivity index (χ1v) is 5.72. The van der Waals surface area contributed by atoms with Crippen molar-refractivity contribution in [1.82, 2.24) is 0 Å². The molecule has 0 aromatic heterocycles. The molecule has 0 amide bonds. The highest BCUT2D eigenvalue weighted by atomic mass is 19.1. The number of nitriles is 1. The molecule has 0 aliphatic carbocycles. The third-order valence-corrected chi connectivity index (χ3v) is 2.76. The van der Waals surface area contributed by atoms with E-state index in [1.54, 1.807) is 6.07 Å². The van der Waals surface area contributed by atoms with E-state index in [-0.39, 0.29) is 22.6 Å². The SMILES string of the molecule is N#Cc1c(F)cccc1Nc1cc(F)c(C(=O)O)cc1N. The first kappa shape index (κ1) is 14.3. The highest BCUT2D eigenvalue weighted by molar-refractivity contribution is 5.91. The minimum atomic E-state index is -1.45. The number of rotatable bonds is 3. The van der Waals surface area contributed by atoms with Crippen molar-refractivity contribution in [3.63, 3.8) is 0 Å². The number of anilines is 3. The van der Waals surface area contributed by atoms with Gasteiger partial charge in [-0.15, -0.1) is 0 Å². The van der Waals surface area contributed by atoms with Crippen LogP contribution in [-0.4, -0.2) is 11.1 Å². The lowest BCUT2D eigenvalue weighted by Gasteiger charge is -2.12. The molecule has 0 radical (unpaired) electrons. The van der Waals surface area contributed by atoms with Crippen molar-refractivity contribution in [2.24, 2.45) is 0 Å². The number of nitrogens with two attached hydrogens (primary N) is 1. The molecule has 0 atom stereocenters. The van der Waals surface area contributed by atoms with E-state index in [1.807, 2.05) is 0 Å². The summed E-state index contributed by atoms with van der Waals surface area (Å²) in [6.45, 7) is 0. The van der Waals surface area contributed by atoms with Gasteiger partial charge in [-0.3, -0.25) is 0 Å². The average molecular weight is 289 g/mol. The number of nitrogens with zero attached hydrogens (tertiary/aromatic N) is 1. The van der Waals surface area contributed by atoms with Crippen LogP contribution in [0.3, 0.4) is 0 Å². The van der Waals surface area contributed by atoms with Gasteiger partial charge in [-0.05, 0) is 18.2 Å². The predicted octanol–water partition coefficient (Wildman–Crippen LogP) is 2.86. The summed E-state index contributed by atoms with van der Waals surface area (Å²) in [7, 11) is 0. The Morgan fingerprint density at radius 2 is 1.95 bits per heavy atom. The Morgan fingerprint density at radius 3 is 2.57 bits per heavy atom. The van der Waals surface area contributed by atoms with E-state index >= 15 is 0 Å². The fourth-order valence-corrected chi connectivity index (χ4v) is 1.75. The van der Waals surface area contributed by atoms with Crippen molar-refractivity contribution in [2.45, 2.75) is 0 Å². The van der Waals surface area contributed by atoms with Crippen molar-refractivity contribution >= 4 is 23.0 Å². The van der Waals surface area contributed by atoms with Crippen LogP contribution >= 0.6 is 0 Å². The monoisotopic (exact) mass is 289 g/mol. The van der Waals surface area contributed by atoms with Crippen LogP contribution < -0.4 is 11.1 Å². The molecule has 0 aliphatic heterocycles. The average Bonchev–Trinajstić information content (AvgIpc) is 2.42. The molecule has 0 fully saturated rings. The number of halogens is 2. The van der Waals surface area contributed by atoms with Crippen LogP contribution in [0.25, 0.3) is 0 Å². The van der Waals surface area contributed by atoms with E-state index in [0.29, 0.717) is 0 Å². The van der Waals surface area contributed by atoms with Gasteiger partial charge in [-0.2, -0.15) is 5.26 Å². The maximum atomic E-state index is 13.6. The number of aromatic carboxylic acids is 1. The smallest absolute Gasteiger partial charge is 0.338 e. The summed E-state index contributed by atoms with van der Waals surface area (Å²) in [5.41, 5.74) is 4.92. The number of hydrogen-bond acceptors (Lipinski definition) is 4. The molecule has 0 saturated heterocycles. The first-order valence-electron chi connectivity index (χ1n) is 5.72. The van der Waals surface area contributed by atoms with Crippen LogP contribution in [-0.2, 0) is 0 Å². The standard InChI is InChI=1S/C14H9F2N3O2/c15-9-2-1-3-12(8(9)6-17)19-13-5-10(16)7(14(20)21)4-11(13)18/h1-5,19H,18H2,(H,20,21). The molecule has 2 aromatic carbocycles. The molecule has 0 saturated carbocycles. The molecular formula is C14H9F2N3O2. The van der Waals surface area contributed by atoms with Gasteiger partial charge < -0.3 is 16.2 Å². The Morgan fingerprint density at radius 1 is 1.24 bits per heavy atom. The predicted molar refractivity (Wildman–Crippen MR) is 72.2 cm³/mol. The maximum absolute atomic E-state index is 13.6. The van der Waals surface area contributed by atoms with Crippen LogP contribution in [0.4, 0.5) is 25.8 Å². The highest BCUT2D eigenvalue weighted by Crippen LogP contribution is 2.28. The summed E-state index contributed by atoms with van der Waals surface area (Å²) < 4.78 is 27.1. The summed E-state index contributed by atoms with van der Waals surface area (Å²) in [4.78, 5) is 10.8. The number of nitrogens with one attached hydrogen (secondary N) is 1. The van der Waals surface area contributed by atoms with Crippen molar-refractivity contribution in [3.8, 4) is 6.07 Å². The summed E-state index contributed by atoms with van der Waals surface area (Å²) >= 11 is 0. The van der Waals surface area contributed by atoms with Crippen LogP contribution in [0.15, 0.2) is 30.3 Å². The molecule has 0 heterocycles. The van der Waals surface area contributed by atoms with E-state index in [2.05, 4.69) is 5.32 Å². The molecule has 21 heavy (non-hydrogen) atoms. The van der Waals surface area contributed by atoms with Crippen molar-refractivity contribution < 1.29 is 18.7 Å². The number of carbonyl (C=O) groups is 1. The molecule has 106 valence electrons. The molecule has 0 bridgehead atoms. The molecule has 0 spiro atoms. The van der Waals surface area contributed by atoms with Gasteiger partial charge in [0.25, 0.3) is 0 Å². The van der Waals surface area contributed by atoms with Crippen molar-refractivity contribution in [1.29, 1.82) is 5.26 Å². The van der Waals surface area contributed by atoms with Crippen LogP contribution in [0.2, 0.25) is 0 Å². The zero-order valence-corrected chi connectivity index (χ0v) is 10.5. The molecule has 7 heteroatoms. The first-order chi connectivity index (χ1) is 9.93. The van der Waals surface area contributed by atoms with E-state index in [4.69, 9.17) is 16.1 Å². The normalized spacial score (nSPS) is 9.95. The van der Waals surface area contributed by atoms with Gasteiger partial charge in [0.05, 0.1) is 22.6 Å². The van der Waals surface area contributed by atoms with Crippen LogP contribution in [0, 0.1) is 23.0 Å². The van der Waals surface area contributed by atoms with Crippen LogP contribution in [0.1, 0.15) is 15.9 Å².